The molecule has 4 nitrogen and oxygen atoms in total. The van der Waals surface area contributed by atoms with Crippen LogP contribution in [0.3, 0.4) is 0 Å². The van der Waals surface area contributed by atoms with Gasteiger partial charge >= 0.3 is 0 Å². The van der Waals surface area contributed by atoms with Gasteiger partial charge in [0.25, 0.3) is 0 Å². The molecule has 0 aliphatic carbocycles. The topological polar surface area (TPSA) is 65.2 Å². The Balaban J connectivity index is 2.36. The van der Waals surface area contributed by atoms with Crippen LogP contribution in [0.2, 0.25) is 10.0 Å². The first-order valence-electron chi connectivity index (χ1n) is 6.45. The van der Waals surface area contributed by atoms with Gasteiger partial charge in [-0.05, 0) is 50.2 Å². The number of halogens is 2. The minimum absolute atomic E-state index is 0.0732. The van der Waals surface area contributed by atoms with Crippen LogP contribution in [0.1, 0.15) is 25.0 Å². The summed E-state index contributed by atoms with van der Waals surface area (Å²) in [6.07, 6.45) is 0. The molecule has 22 heavy (non-hydrogen) atoms. The Kier molecular flexibility index (Phi) is 5.06. The Labute approximate surface area is 138 Å². The normalized spacial score (nSPS) is 12.5. The molecule has 114 valence electrons. The van der Waals surface area contributed by atoms with E-state index in [1.54, 1.807) is 38.1 Å². The lowest BCUT2D eigenvalue weighted by molar-refractivity contribution is 0.473. The number of rotatable bonds is 3. The number of aromatic hydroxyl groups is 2. The monoisotopic (exact) mass is 336 g/mol. The maximum Gasteiger partial charge on any atom is 0.124 e. The first kappa shape index (κ1) is 16.3. The lowest BCUT2D eigenvalue weighted by atomic mass is 10.1. The summed E-state index contributed by atoms with van der Waals surface area (Å²) in [6.45, 7) is 3.42. The predicted molar refractivity (Wildman–Crippen MR) is 90.7 cm³/mol. The zero-order valence-electron chi connectivity index (χ0n) is 12.0. The molecule has 0 atom stereocenters. The van der Waals surface area contributed by atoms with Crippen molar-refractivity contribution in [2.75, 3.05) is 0 Å². The molecule has 2 aromatic carbocycles. The number of nitrogens with zero attached hydrogens (tertiary/aromatic N) is 2. The molecular formula is C16H14Cl2N2O2. The maximum absolute atomic E-state index is 9.82. The molecule has 0 aliphatic heterocycles. The van der Waals surface area contributed by atoms with Gasteiger partial charge < -0.3 is 10.2 Å². The van der Waals surface area contributed by atoms with Crippen LogP contribution in [0.5, 0.6) is 11.5 Å². The lowest BCUT2D eigenvalue weighted by Gasteiger charge is -2.05. The highest BCUT2D eigenvalue weighted by molar-refractivity contribution is 6.31. The molecule has 0 saturated heterocycles. The van der Waals surface area contributed by atoms with Gasteiger partial charge in [-0.25, -0.2) is 0 Å². The van der Waals surface area contributed by atoms with Crippen LogP contribution in [0.15, 0.2) is 46.6 Å². The quantitative estimate of drug-likeness (QED) is 0.633. The van der Waals surface area contributed by atoms with E-state index in [-0.39, 0.29) is 11.5 Å². The lowest BCUT2D eigenvalue weighted by Crippen LogP contribution is -1.98. The number of phenolic OH excluding ortho intramolecular Hbond substituents is 2. The fraction of sp³-hybridized carbons (Fsp3) is 0.125. The second-order valence-corrected chi connectivity index (χ2v) is 5.57. The van der Waals surface area contributed by atoms with Crippen molar-refractivity contribution in [3.8, 4) is 11.5 Å². The molecule has 0 saturated carbocycles. The zero-order chi connectivity index (χ0) is 16.3. The molecule has 2 aromatic rings. The summed E-state index contributed by atoms with van der Waals surface area (Å²) in [4.78, 5) is 0. The van der Waals surface area contributed by atoms with Crippen molar-refractivity contribution in [2.45, 2.75) is 13.8 Å². The van der Waals surface area contributed by atoms with E-state index < -0.39 is 0 Å². The van der Waals surface area contributed by atoms with Gasteiger partial charge in [0, 0.05) is 21.2 Å². The van der Waals surface area contributed by atoms with Gasteiger partial charge in [0.15, 0.2) is 0 Å². The molecule has 0 aliphatic rings. The number of hydrogen-bond acceptors (Lipinski definition) is 4. The van der Waals surface area contributed by atoms with Crippen LogP contribution < -0.4 is 0 Å². The van der Waals surface area contributed by atoms with E-state index in [2.05, 4.69) is 10.2 Å². The van der Waals surface area contributed by atoms with Crippen molar-refractivity contribution in [2.24, 2.45) is 10.2 Å². The van der Waals surface area contributed by atoms with Gasteiger partial charge in [0.05, 0.1) is 11.4 Å². The third-order valence-electron chi connectivity index (χ3n) is 3.05. The van der Waals surface area contributed by atoms with E-state index in [4.69, 9.17) is 23.2 Å². The summed E-state index contributed by atoms with van der Waals surface area (Å²) >= 11 is 11.8. The molecule has 6 heteroatoms. The molecular weight excluding hydrogens is 323 g/mol. The smallest absolute Gasteiger partial charge is 0.124 e. The molecule has 0 heterocycles. The SMILES string of the molecule is C/C(=N\N=C(/C)c1cc(Cl)ccc1O)c1cc(Cl)ccc1O. The number of hydrogen-bond donors (Lipinski definition) is 2. The molecule has 0 fully saturated rings. The Morgan fingerprint density at radius 2 is 1.14 bits per heavy atom. The van der Waals surface area contributed by atoms with Gasteiger partial charge in [-0.15, -0.1) is 0 Å². The molecule has 0 bridgehead atoms. The van der Waals surface area contributed by atoms with E-state index in [1.165, 1.54) is 12.1 Å². The van der Waals surface area contributed by atoms with E-state index in [0.29, 0.717) is 32.6 Å². The van der Waals surface area contributed by atoms with Crippen molar-refractivity contribution in [1.82, 2.24) is 0 Å². The number of benzene rings is 2. The summed E-state index contributed by atoms with van der Waals surface area (Å²) in [5, 5.41) is 28.8. The fourth-order valence-electron chi connectivity index (χ4n) is 1.85. The highest BCUT2D eigenvalue weighted by atomic mass is 35.5. The van der Waals surface area contributed by atoms with Gasteiger partial charge in [-0.2, -0.15) is 10.2 Å². The van der Waals surface area contributed by atoms with E-state index in [0.717, 1.165) is 0 Å². The third kappa shape index (κ3) is 3.78. The van der Waals surface area contributed by atoms with Crippen molar-refractivity contribution in [3.63, 3.8) is 0 Å². The molecule has 0 spiro atoms. The van der Waals surface area contributed by atoms with Crippen LogP contribution in [-0.2, 0) is 0 Å². The first-order chi connectivity index (χ1) is 10.4. The van der Waals surface area contributed by atoms with E-state index >= 15 is 0 Å². The molecule has 0 radical (unpaired) electrons. The number of phenols is 2. The summed E-state index contributed by atoms with van der Waals surface area (Å²) in [7, 11) is 0. The van der Waals surface area contributed by atoms with Gasteiger partial charge in [-0.1, -0.05) is 23.2 Å². The fourth-order valence-corrected chi connectivity index (χ4v) is 2.20. The van der Waals surface area contributed by atoms with Crippen molar-refractivity contribution in [3.05, 3.63) is 57.6 Å². The Morgan fingerprint density at radius 1 is 0.773 bits per heavy atom. The average Bonchev–Trinajstić information content (AvgIpc) is 2.49. The Bertz CT molecular complexity index is 705. The minimum Gasteiger partial charge on any atom is -0.507 e. The summed E-state index contributed by atoms with van der Waals surface area (Å²) in [5.41, 5.74) is 2.00. The molecule has 2 N–H and O–H groups in total. The zero-order valence-corrected chi connectivity index (χ0v) is 13.5. The van der Waals surface area contributed by atoms with E-state index in [1.807, 2.05) is 0 Å². The average molecular weight is 337 g/mol. The van der Waals surface area contributed by atoms with Crippen molar-refractivity contribution >= 4 is 34.6 Å². The minimum atomic E-state index is 0.0732. The van der Waals surface area contributed by atoms with Gasteiger partial charge in [0.2, 0.25) is 0 Å². The summed E-state index contributed by atoms with van der Waals surface area (Å²) < 4.78 is 0. The van der Waals surface area contributed by atoms with Crippen molar-refractivity contribution < 1.29 is 10.2 Å². The molecule has 2 rings (SSSR count). The highest BCUT2D eigenvalue weighted by Gasteiger charge is 2.07. The maximum atomic E-state index is 9.82. The second kappa shape index (κ2) is 6.81. The predicted octanol–water partition coefficient (Wildman–Crippen LogP) is 4.64. The second-order valence-electron chi connectivity index (χ2n) is 4.69. The van der Waals surface area contributed by atoms with Crippen LogP contribution in [0.25, 0.3) is 0 Å². The van der Waals surface area contributed by atoms with Crippen LogP contribution in [0.4, 0.5) is 0 Å². The highest BCUT2D eigenvalue weighted by Crippen LogP contribution is 2.24. The summed E-state index contributed by atoms with van der Waals surface area (Å²) in [5.74, 6) is 0.146. The van der Waals surface area contributed by atoms with Crippen LogP contribution in [0, 0.1) is 0 Å². The van der Waals surface area contributed by atoms with Crippen LogP contribution in [-0.4, -0.2) is 21.6 Å². The Hall–Kier alpha value is -2.04. The van der Waals surface area contributed by atoms with Gasteiger partial charge in [-0.3, -0.25) is 0 Å². The molecule has 0 unspecified atom stereocenters. The first-order valence-corrected chi connectivity index (χ1v) is 7.20. The summed E-state index contributed by atoms with van der Waals surface area (Å²) in [6, 6.07) is 9.39. The van der Waals surface area contributed by atoms with Crippen LogP contribution >= 0.6 is 23.2 Å². The van der Waals surface area contributed by atoms with Gasteiger partial charge in [0.1, 0.15) is 11.5 Å². The largest absolute Gasteiger partial charge is 0.507 e. The molecule has 0 aromatic heterocycles. The standard InChI is InChI=1S/C16H14Cl2N2O2/c1-9(13-7-11(17)3-5-15(13)21)19-20-10(2)14-8-12(18)4-6-16(14)22/h3-8,21-22H,1-2H3/b19-9+,20-10+. The third-order valence-corrected chi connectivity index (χ3v) is 3.52. The Morgan fingerprint density at radius 3 is 1.50 bits per heavy atom. The van der Waals surface area contributed by atoms with Crippen molar-refractivity contribution in [1.29, 1.82) is 0 Å². The molecule has 0 amide bonds. The van der Waals surface area contributed by atoms with E-state index in [9.17, 15) is 10.2 Å².